The molecule has 4 N–H and O–H groups in total. The molecule has 1 amide bonds. The van der Waals surface area contributed by atoms with Gasteiger partial charge in [0.2, 0.25) is 5.95 Å². The average molecular weight is 588 g/mol. The summed E-state index contributed by atoms with van der Waals surface area (Å²) < 4.78 is 10.8. The number of piperidine rings is 1. The highest BCUT2D eigenvalue weighted by Crippen LogP contribution is 2.32. The Morgan fingerprint density at radius 2 is 1.83 bits per heavy atom. The highest BCUT2D eigenvalue weighted by atomic mass is 35.5. The van der Waals surface area contributed by atoms with Gasteiger partial charge in [-0.25, -0.2) is 15.1 Å². The number of aromatic amines is 2. The van der Waals surface area contributed by atoms with Crippen molar-refractivity contribution in [2.45, 2.75) is 25.4 Å². The van der Waals surface area contributed by atoms with Gasteiger partial charge in [-0.15, -0.1) is 0 Å². The predicted molar refractivity (Wildman–Crippen MR) is 160 cm³/mol. The number of benzene rings is 2. The van der Waals surface area contributed by atoms with Crippen LogP contribution in [0, 0.1) is 0 Å². The van der Waals surface area contributed by atoms with Crippen LogP contribution in [0.25, 0.3) is 22.6 Å². The molecule has 1 aliphatic rings. The molecule has 3 aromatic heterocycles. The Hall–Kier alpha value is -4.68. The molecule has 2 aromatic carbocycles. The Morgan fingerprint density at radius 3 is 2.55 bits per heavy atom. The van der Waals surface area contributed by atoms with E-state index in [1.165, 1.54) is 11.9 Å². The molecule has 5 aromatic rings. The van der Waals surface area contributed by atoms with Crippen LogP contribution in [0.3, 0.4) is 0 Å². The minimum absolute atomic E-state index is 0.164. The van der Waals surface area contributed by atoms with Crippen LogP contribution in [-0.4, -0.2) is 73.8 Å². The fraction of sp³-hybridized carbons (Fsp3) is 0.276. The zero-order chi connectivity index (χ0) is 28.9. The second kappa shape index (κ2) is 12.5. The van der Waals surface area contributed by atoms with Crippen LogP contribution < -0.4 is 20.1 Å². The van der Waals surface area contributed by atoms with Crippen LogP contribution in [0.1, 0.15) is 18.4 Å². The van der Waals surface area contributed by atoms with E-state index in [4.69, 9.17) is 26.1 Å². The maximum Gasteiger partial charge on any atom is 0.264 e. The largest absolute Gasteiger partial charge is 0.497 e. The summed E-state index contributed by atoms with van der Waals surface area (Å²) in [4.78, 5) is 30.9. The quantitative estimate of drug-likeness (QED) is 0.185. The second-order valence-electron chi connectivity index (χ2n) is 10.0. The number of carbonyl (C=O) groups excluding carboxylic acids is 1. The first-order valence-corrected chi connectivity index (χ1v) is 14.0. The van der Waals surface area contributed by atoms with E-state index in [1.807, 2.05) is 24.3 Å². The number of likely N-dealkylation sites (tertiary alicyclic amines) is 1. The lowest BCUT2D eigenvalue weighted by Crippen LogP contribution is -2.38. The molecule has 4 heterocycles. The Morgan fingerprint density at radius 1 is 1.07 bits per heavy atom. The number of imidazole rings is 1. The van der Waals surface area contributed by atoms with Gasteiger partial charge in [0.05, 0.1) is 24.0 Å². The maximum atomic E-state index is 12.0. The van der Waals surface area contributed by atoms with Crippen molar-refractivity contribution in [2.24, 2.45) is 0 Å². The average Bonchev–Trinajstić information content (AvgIpc) is 3.69. The number of anilines is 2. The van der Waals surface area contributed by atoms with E-state index in [-0.39, 0.29) is 24.5 Å². The first-order valence-electron chi connectivity index (χ1n) is 13.6. The van der Waals surface area contributed by atoms with Gasteiger partial charge < -0.3 is 19.8 Å². The lowest BCUT2D eigenvalue weighted by molar-refractivity contribution is -0.118. The molecule has 6 rings (SSSR count). The van der Waals surface area contributed by atoms with Crippen molar-refractivity contribution < 1.29 is 14.3 Å². The monoisotopic (exact) mass is 587 g/mol. The number of H-pyrrole nitrogens is 2. The zero-order valence-corrected chi connectivity index (χ0v) is 23.7. The van der Waals surface area contributed by atoms with E-state index in [0.717, 1.165) is 55.0 Å². The van der Waals surface area contributed by atoms with Gasteiger partial charge in [-0.3, -0.25) is 15.0 Å². The molecule has 42 heavy (non-hydrogen) atoms. The lowest BCUT2D eigenvalue weighted by atomic mass is 10.0. The molecule has 1 aliphatic heterocycles. The van der Waals surface area contributed by atoms with Crippen LogP contribution in [0.4, 0.5) is 11.6 Å². The van der Waals surface area contributed by atoms with Crippen molar-refractivity contribution in [2.75, 3.05) is 37.4 Å². The number of methoxy groups -OCH3 is 1. The summed E-state index contributed by atoms with van der Waals surface area (Å²) in [5.41, 5.74) is 4.28. The molecule has 0 atom stereocenters. The highest BCUT2D eigenvalue weighted by Gasteiger charge is 2.22. The van der Waals surface area contributed by atoms with E-state index < -0.39 is 0 Å². The maximum absolute atomic E-state index is 12.0. The number of hydrogen-bond acceptors (Lipinski definition) is 9. The third kappa shape index (κ3) is 6.45. The van der Waals surface area contributed by atoms with Gasteiger partial charge in [0.15, 0.2) is 12.3 Å². The number of fused-ring (bicyclic) bond motifs is 1. The van der Waals surface area contributed by atoms with Crippen molar-refractivity contribution >= 4 is 40.3 Å². The molecule has 0 bridgehead atoms. The molecule has 0 radical (unpaired) electrons. The highest BCUT2D eigenvalue weighted by molar-refractivity contribution is 6.34. The Bertz CT molecular complexity index is 1630. The summed E-state index contributed by atoms with van der Waals surface area (Å²) >= 11 is 6.61. The summed E-state index contributed by atoms with van der Waals surface area (Å²) in [5, 5.41) is 13.0. The number of aromatic nitrogens is 6. The third-order valence-corrected chi connectivity index (χ3v) is 7.43. The van der Waals surface area contributed by atoms with Crippen LogP contribution >= 0.6 is 11.6 Å². The lowest BCUT2D eigenvalue weighted by Gasteiger charge is -2.33. The Kier molecular flexibility index (Phi) is 8.15. The van der Waals surface area contributed by atoms with Gasteiger partial charge in [-0.1, -0.05) is 23.7 Å². The molecule has 0 aliphatic carbocycles. The fourth-order valence-corrected chi connectivity index (χ4v) is 5.13. The number of carbonyl (C=O) groups is 1. The van der Waals surface area contributed by atoms with Crippen molar-refractivity contribution in [3.8, 4) is 22.9 Å². The van der Waals surface area contributed by atoms with Crippen molar-refractivity contribution in [3.63, 3.8) is 0 Å². The summed E-state index contributed by atoms with van der Waals surface area (Å²) in [6, 6.07) is 15.8. The van der Waals surface area contributed by atoms with E-state index >= 15 is 0 Å². The van der Waals surface area contributed by atoms with Crippen molar-refractivity contribution in [3.05, 3.63) is 71.6 Å². The predicted octanol–water partition coefficient (Wildman–Crippen LogP) is 4.50. The van der Waals surface area contributed by atoms with Gasteiger partial charge in [0, 0.05) is 31.2 Å². The van der Waals surface area contributed by atoms with Gasteiger partial charge >= 0.3 is 0 Å². The van der Waals surface area contributed by atoms with Crippen LogP contribution in [-0.2, 0) is 11.3 Å². The summed E-state index contributed by atoms with van der Waals surface area (Å²) in [7, 11) is 1.68. The zero-order valence-electron chi connectivity index (χ0n) is 22.9. The Labute approximate surface area is 246 Å². The standard InChI is InChI=1S/C29H30ClN9O3/c1-41-21-6-2-18(3-7-21)15-39-12-10-20(11-13-39)34-25-23(30)14-31-28-26(25)36-27(37-28)19-4-8-22(9-5-19)42-16-24(40)35-29-32-17-33-38-29/h2-9,14,17,20H,10-13,15-16H2,1H3,(H2,31,34,36,37)(H2,32,33,35,38,40). The van der Waals surface area contributed by atoms with Crippen molar-refractivity contribution in [1.29, 1.82) is 0 Å². The number of pyridine rings is 1. The summed E-state index contributed by atoms with van der Waals surface area (Å²) in [6.07, 6.45) is 4.94. The number of halogens is 1. The fourth-order valence-electron chi connectivity index (χ4n) is 4.93. The number of hydrogen-bond donors (Lipinski definition) is 4. The number of nitrogens with zero attached hydrogens (tertiary/aromatic N) is 5. The SMILES string of the molecule is COc1ccc(CN2CCC(Nc3c(Cl)cnc4nc(-c5ccc(OCC(=O)Nc6ncn[nH]6)cc5)[nH]c34)CC2)cc1. The first-order chi connectivity index (χ1) is 20.5. The van der Waals surface area contributed by atoms with Crippen LogP contribution in [0.5, 0.6) is 11.5 Å². The number of rotatable bonds is 10. The molecule has 12 nitrogen and oxygen atoms in total. The Balaban J connectivity index is 1.07. The molecular formula is C29H30ClN9O3. The van der Waals surface area contributed by atoms with E-state index in [0.29, 0.717) is 22.2 Å². The second-order valence-corrected chi connectivity index (χ2v) is 10.4. The van der Waals surface area contributed by atoms with E-state index in [9.17, 15) is 4.79 Å². The van der Waals surface area contributed by atoms with Crippen molar-refractivity contribution in [1.82, 2.24) is 35.0 Å². The summed E-state index contributed by atoms with van der Waals surface area (Å²) in [5.74, 6) is 1.99. The number of amides is 1. The number of ether oxygens (including phenoxy) is 2. The third-order valence-electron chi connectivity index (χ3n) is 7.15. The van der Waals surface area contributed by atoms with Gasteiger partial charge in [0.25, 0.3) is 5.91 Å². The van der Waals surface area contributed by atoms with Gasteiger partial charge in [0.1, 0.15) is 29.2 Å². The van der Waals surface area contributed by atoms with Crippen LogP contribution in [0.2, 0.25) is 5.02 Å². The first kappa shape index (κ1) is 27.5. The molecule has 0 saturated carbocycles. The molecular weight excluding hydrogens is 558 g/mol. The minimum atomic E-state index is -0.348. The topological polar surface area (TPSA) is 146 Å². The van der Waals surface area contributed by atoms with Gasteiger partial charge in [-0.2, -0.15) is 10.1 Å². The van der Waals surface area contributed by atoms with Gasteiger partial charge in [-0.05, 0) is 54.8 Å². The molecule has 1 saturated heterocycles. The van der Waals surface area contributed by atoms with E-state index in [2.05, 4.69) is 52.8 Å². The van der Waals surface area contributed by atoms with E-state index in [1.54, 1.807) is 25.4 Å². The molecule has 0 spiro atoms. The molecule has 13 heteroatoms. The molecule has 0 unspecified atom stereocenters. The molecule has 216 valence electrons. The minimum Gasteiger partial charge on any atom is -0.497 e. The smallest absolute Gasteiger partial charge is 0.264 e. The summed E-state index contributed by atoms with van der Waals surface area (Å²) in [6.45, 7) is 2.73. The number of nitrogens with one attached hydrogen (secondary N) is 4. The molecule has 1 fully saturated rings. The van der Waals surface area contributed by atoms with Crippen LogP contribution in [0.15, 0.2) is 61.1 Å². The normalized spacial score (nSPS) is 14.1.